The van der Waals surface area contributed by atoms with E-state index in [1.54, 1.807) is 25.1 Å². The molecule has 1 atom stereocenters. The summed E-state index contributed by atoms with van der Waals surface area (Å²) in [5, 5.41) is 10.6. The Hall–Kier alpha value is -1.86. The van der Waals surface area contributed by atoms with Crippen LogP contribution in [-0.2, 0) is 4.79 Å². The van der Waals surface area contributed by atoms with Gasteiger partial charge in [0.1, 0.15) is 6.04 Å². The van der Waals surface area contributed by atoms with E-state index < -0.39 is 17.9 Å². The molecule has 5 nitrogen and oxygen atoms in total. The number of carbonyl (C=O) groups is 2. The van der Waals surface area contributed by atoms with E-state index in [1.165, 1.54) is 22.8 Å². The molecule has 2 aromatic carbocycles. The van der Waals surface area contributed by atoms with Crippen LogP contribution in [0.4, 0.5) is 0 Å². The average Bonchev–Trinajstić information content (AvgIpc) is 2.97. The van der Waals surface area contributed by atoms with Crippen molar-refractivity contribution in [2.45, 2.75) is 19.4 Å². The Morgan fingerprint density at radius 1 is 1.15 bits per heavy atom. The number of carboxylic acid groups (broad SMARTS) is 1. The van der Waals surface area contributed by atoms with Crippen molar-refractivity contribution in [3.8, 4) is 0 Å². The molecule has 1 aromatic heterocycles. The molecule has 0 saturated carbocycles. The number of benzene rings is 2. The van der Waals surface area contributed by atoms with Gasteiger partial charge in [-0.25, -0.2) is 4.79 Å². The zero-order valence-corrected chi connectivity index (χ0v) is 17.0. The Kier molecular flexibility index (Phi) is 5.91. The summed E-state index contributed by atoms with van der Waals surface area (Å²) in [6, 6.07) is 8.76. The molecule has 0 radical (unpaired) electrons. The molecule has 0 saturated heterocycles. The smallest absolute Gasteiger partial charge is 0.326 e. The van der Waals surface area contributed by atoms with Gasteiger partial charge in [-0.1, -0.05) is 59.1 Å². The molecule has 1 amide bonds. The Morgan fingerprint density at radius 3 is 2.52 bits per heavy atom. The zero-order valence-electron chi connectivity index (χ0n) is 13.9. The highest BCUT2D eigenvalue weighted by Gasteiger charge is 2.23. The lowest BCUT2D eigenvalue weighted by Gasteiger charge is -2.13. The van der Waals surface area contributed by atoms with Gasteiger partial charge in [0.2, 0.25) is 0 Å². The second-order valence-corrected chi connectivity index (χ2v) is 7.85. The van der Waals surface area contributed by atoms with Gasteiger partial charge in [0.15, 0.2) is 4.80 Å². The molecule has 1 N–H and O–H groups in total. The van der Waals surface area contributed by atoms with Crippen molar-refractivity contribution in [2.24, 2.45) is 4.99 Å². The van der Waals surface area contributed by atoms with Crippen molar-refractivity contribution in [3.05, 3.63) is 61.8 Å². The van der Waals surface area contributed by atoms with Crippen LogP contribution >= 0.6 is 46.1 Å². The molecule has 3 rings (SSSR count). The molecule has 0 fully saturated rings. The summed E-state index contributed by atoms with van der Waals surface area (Å²) < 4.78 is 2.20. The topological polar surface area (TPSA) is 71.7 Å². The first-order chi connectivity index (χ1) is 12.8. The highest BCUT2D eigenvalue weighted by molar-refractivity contribution is 7.17. The number of nitrogens with zero attached hydrogens (tertiary/aromatic N) is 2. The molecular weight excluding hydrogens is 431 g/mol. The van der Waals surface area contributed by atoms with Gasteiger partial charge in [-0.15, -0.1) is 0 Å². The number of amides is 1. The van der Waals surface area contributed by atoms with Crippen molar-refractivity contribution in [2.75, 3.05) is 0 Å². The van der Waals surface area contributed by atoms with Crippen LogP contribution in [0.25, 0.3) is 10.2 Å². The third-order valence-electron chi connectivity index (χ3n) is 3.95. The van der Waals surface area contributed by atoms with E-state index in [9.17, 15) is 14.7 Å². The highest BCUT2D eigenvalue weighted by atomic mass is 35.5. The maximum atomic E-state index is 12.6. The number of hydrogen-bond donors (Lipinski definition) is 1. The quantitative estimate of drug-likeness (QED) is 0.583. The third kappa shape index (κ3) is 3.89. The van der Waals surface area contributed by atoms with Gasteiger partial charge in [-0.2, -0.15) is 4.99 Å². The van der Waals surface area contributed by atoms with E-state index in [2.05, 4.69) is 4.99 Å². The standard InChI is InChI=1S/C18H13Cl3N2O3S/c1-2-13(17(25)26)23-14-5-3-4-11(20)15(14)27-18(23)22-16(24)9-6-7-10(19)12(21)8-9/h3-8,13H,2H2,1H3,(H,25,26)/b22-18-. The summed E-state index contributed by atoms with van der Waals surface area (Å²) in [5.41, 5.74) is 0.866. The first kappa shape index (κ1) is 19.9. The Balaban J connectivity index is 2.24. The van der Waals surface area contributed by atoms with Crippen molar-refractivity contribution in [1.82, 2.24) is 4.57 Å². The van der Waals surface area contributed by atoms with Gasteiger partial charge < -0.3 is 9.67 Å². The summed E-state index contributed by atoms with van der Waals surface area (Å²) in [7, 11) is 0. The monoisotopic (exact) mass is 442 g/mol. The fraction of sp³-hybridized carbons (Fsp3) is 0.167. The number of aliphatic carboxylic acids is 1. The van der Waals surface area contributed by atoms with Crippen LogP contribution in [0, 0.1) is 0 Å². The minimum Gasteiger partial charge on any atom is -0.480 e. The third-order valence-corrected chi connectivity index (χ3v) is 6.22. The van der Waals surface area contributed by atoms with E-state index >= 15 is 0 Å². The lowest BCUT2D eigenvalue weighted by molar-refractivity contribution is -0.140. The van der Waals surface area contributed by atoms with E-state index in [4.69, 9.17) is 34.8 Å². The largest absolute Gasteiger partial charge is 0.480 e. The predicted molar refractivity (Wildman–Crippen MR) is 108 cm³/mol. The second kappa shape index (κ2) is 8.02. The molecule has 140 valence electrons. The van der Waals surface area contributed by atoms with E-state index in [1.807, 2.05) is 0 Å². The minimum atomic E-state index is -1.01. The molecule has 3 aromatic rings. The summed E-state index contributed by atoms with van der Waals surface area (Å²) in [4.78, 5) is 28.8. The predicted octanol–water partition coefficient (Wildman–Crippen LogP) is 5.44. The molecule has 0 aliphatic rings. The Morgan fingerprint density at radius 2 is 1.89 bits per heavy atom. The normalized spacial score (nSPS) is 13.1. The average molecular weight is 444 g/mol. The number of halogens is 3. The van der Waals surface area contributed by atoms with Gasteiger partial charge >= 0.3 is 5.97 Å². The van der Waals surface area contributed by atoms with Crippen LogP contribution in [0.15, 0.2) is 41.4 Å². The Bertz CT molecular complexity index is 1120. The van der Waals surface area contributed by atoms with Crippen molar-refractivity contribution < 1.29 is 14.7 Å². The SMILES string of the molecule is CCC(C(=O)O)n1/c(=N/C(=O)c2ccc(Cl)c(Cl)c2)sc2c(Cl)cccc21. The molecule has 27 heavy (non-hydrogen) atoms. The van der Waals surface area contributed by atoms with Crippen LogP contribution in [0.1, 0.15) is 29.7 Å². The van der Waals surface area contributed by atoms with Crippen molar-refractivity contribution in [3.63, 3.8) is 0 Å². The summed E-state index contributed by atoms with van der Waals surface area (Å²) in [6.07, 6.45) is 0.321. The van der Waals surface area contributed by atoms with Crippen molar-refractivity contribution >= 4 is 68.2 Å². The number of carbonyl (C=O) groups excluding carboxylic acids is 1. The van der Waals surface area contributed by atoms with Crippen LogP contribution < -0.4 is 4.80 Å². The van der Waals surface area contributed by atoms with E-state index in [0.29, 0.717) is 26.7 Å². The van der Waals surface area contributed by atoms with Crippen molar-refractivity contribution in [1.29, 1.82) is 0 Å². The fourth-order valence-corrected chi connectivity index (χ4v) is 4.31. The number of hydrogen-bond acceptors (Lipinski definition) is 3. The van der Waals surface area contributed by atoms with Gasteiger partial charge in [0.25, 0.3) is 5.91 Å². The lowest BCUT2D eigenvalue weighted by atomic mass is 10.2. The molecule has 0 aliphatic heterocycles. The minimum absolute atomic E-state index is 0.238. The van der Waals surface area contributed by atoms with Gasteiger partial charge in [0.05, 0.1) is 25.3 Å². The molecule has 0 bridgehead atoms. The number of rotatable bonds is 4. The fourth-order valence-electron chi connectivity index (χ4n) is 2.66. The van der Waals surface area contributed by atoms with Crippen LogP contribution in [-0.4, -0.2) is 21.6 Å². The van der Waals surface area contributed by atoms with E-state index in [-0.39, 0.29) is 15.4 Å². The molecular formula is C18H13Cl3N2O3S. The molecule has 1 unspecified atom stereocenters. The Labute approximate surface area is 173 Å². The van der Waals surface area contributed by atoms with Crippen LogP contribution in [0.2, 0.25) is 15.1 Å². The van der Waals surface area contributed by atoms with Gasteiger partial charge in [-0.3, -0.25) is 4.79 Å². The first-order valence-corrected chi connectivity index (χ1v) is 9.85. The summed E-state index contributed by atoms with van der Waals surface area (Å²) in [5.74, 6) is -1.56. The molecule has 1 heterocycles. The van der Waals surface area contributed by atoms with Crippen LogP contribution in [0.3, 0.4) is 0 Å². The lowest BCUT2D eigenvalue weighted by Crippen LogP contribution is -2.27. The maximum absolute atomic E-state index is 12.6. The number of fused-ring (bicyclic) bond motifs is 1. The molecule has 0 spiro atoms. The summed E-state index contributed by atoms with van der Waals surface area (Å²) in [6.45, 7) is 1.75. The van der Waals surface area contributed by atoms with Gasteiger partial charge in [0, 0.05) is 5.56 Å². The first-order valence-electron chi connectivity index (χ1n) is 7.90. The molecule has 9 heteroatoms. The zero-order chi connectivity index (χ0) is 19.7. The highest BCUT2D eigenvalue weighted by Crippen LogP contribution is 2.29. The number of aromatic nitrogens is 1. The van der Waals surface area contributed by atoms with Gasteiger partial charge in [-0.05, 0) is 36.8 Å². The number of carboxylic acids is 1. The number of thiazole rings is 1. The van der Waals surface area contributed by atoms with E-state index in [0.717, 1.165) is 11.3 Å². The maximum Gasteiger partial charge on any atom is 0.326 e. The second-order valence-electron chi connectivity index (χ2n) is 5.65. The van der Waals surface area contributed by atoms with Crippen LogP contribution in [0.5, 0.6) is 0 Å². The summed E-state index contributed by atoms with van der Waals surface area (Å²) >= 11 is 19.3. The molecule has 0 aliphatic carbocycles.